The van der Waals surface area contributed by atoms with Crippen LogP contribution in [0.25, 0.3) is 0 Å². The maximum atomic E-state index is 10.6. The van der Waals surface area contributed by atoms with Crippen molar-refractivity contribution in [3.05, 3.63) is 34.9 Å². The maximum Gasteiger partial charge on any atom is 2.00 e. The Labute approximate surface area is 122 Å². The molecule has 0 atom stereocenters. The Morgan fingerprint density at radius 2 is 1.38 bits per heavy atom. The topological polar surface area (TPSA) is 112 Å². The third kappa shape index (κ3) is 3.19. The zero-order valence-corrected chi connectivity index (χ0v) is 10.2. The Kier molecular flexibility index (Phi) is 5.43. The Morgan fingerprint density at radius 3 is 1.75 bits per heavy atom. The average Bonchev–Trinajstić information content (AvgIpc) is 2.16. The van der Waals surface area contributed by atoms with E-state index in [0.717, 1.165) is 18.2 Å². The molecule has 0 radical (unpaired) electrons. The molecule has 0 saturated carbocycles. The van der Waals surface area contributed by atoms with Gasteiger partial charge in [-0.05, 0) is 18.2 Å². The van der Waals surface area contributed by atoms with Crippen LogP contribution in [0.4, 0.5) is 0 Å². The summed E-state index contributed by atoms with van der Waals surface area (Å²) in [6.45, 7) is 0. The van der Waals surface area contributed by atoms with E-state index < -0.39 is 29.0 Å². The fraction of sp³-hybridized carbons (Fsp3) is 0. The van der Waals surface area contributed by atoms with Crippen LogP contribution in [0.3, 0.4) is 0 Å². The first-order chi connectivity index (χ1) is 6.93. The molecule has 0 spiro atoms. The quantitative estimate of drug-likeness (QED) is 0.680. The van der Waals surface area contributed by atoms with Crippen LogP contribution in [0.15, 0.2) is 18.2 Å². The molecule has 0 amide bonds. The van der Waals surface area contributed by atoms with Crippen molar-refractivity contribution < 1.29 is 32.6 Å². The van der Waals surface area contributed by atoms with Crippen molar-refractivity contribution in [1.29, 1.82) is 0 Å². The number of carbonyl (C=O) groups is 3. The molecule has 0 aliphatic heterocycles. The van der Waals surface area contributed by atoms with E-state index in [4.69, 9.17) is 15.3 Å². The second-order valence-electron chi connectivity index (χ2n) is 2.68. The molecule has 0 aromatic heterocycles. The molecule has 0 saturated heterocycles. The van der Waals surface area contributed by atoms with Gasteiger partial charge in [-0.2, -0.15) is 0 Å². The Bertz CT molecular complexity index is 462. The molecule has 1 rings (SSSR count). The fourth-order valence-electron chi connectivity index (χ4n) is 1.04. The van der Waals surface area contributed by atoms with Crippen molar-refractivity contribution in [2.75, 3.05) is 0 Å². The summed E-state index contributed by atoms with van der Waals surface area (Å²) in [6.07, 6.45) is 0. The summed E-state index contributed by atoms with van der Waals surface area (Å²) in [6, 6.07) is 2.81. The van der Waals surface area contributed by atoms with Gasteiger partial charge in [0.2, 0.25) is 0 Å². The first-order valence-corrected chi connectivity index (χ1v) is 3.77. The van der Waals surface area contributed by atoms with E-state index in [1.54, 1.807) is 0 Å². The monoisotopic (exact) mass is 252 g/mol. The molecule has 0 bridgehead atoms. The summed E-state index contributed by atoms with van der Waals surface area (Å²) >= 11 is 0. The third-order valence-corrected chi connectivity index (χ3v) is 1.73. The first-order valence-electron chi connectivity index (χ1n) is 3.77. The molecule has 1 aromatic carbocycles. The number of carboxylic acids is 3. The second kappa shape index (κ2) is 5.83. The number of carboxylic acid groups (broad SMARTS) is 3. The van der Waals surface area contributed by atoms with E-state index in [0.29, 0.717) is 0 Å². The van der Waals surface area contributed by atoms with Crippen molar-refractivity contribution in [1.82, 2.24) is 0 Å². The van der Waals surface area contributed by atoms with Crippen LogP contribution in [0.5, 0.6) is 0 Å². The standard InChI is InChI=1S/C9H6O6.Ca.2H/c10-7(11)4-1-2-5(8(12)13)6(3-4)9(14)15;;;/h1-3H,(H,10,11)(H,12,13)(H,14,15);;;/q;+2;2*-1. The van der Waals surface area contributed by atoms with Gasteiger partial charge in [-0.15, -0.1) is 0 Å². The summed E-state index contributed by atoms with van der Waals surface area (Å²) in [7, 11) is 0. The van der Waals surface area contributed by atoms with Crippen LogP contribution < -0.4 is 0 Å². The van der Waals surface area contributed by atoms with E-state index in [-0.39, 0.29) is 46.2 Å². The summed E-state index contributed by atoms with van der Waals surface area (Å²) in [5, 5.41) is 25.9. The molecular weight excluding hydrogens is 244 g/mol. The van der Waals surface area contributed by atoms with Crippen molar-refractivity contribution in [3.63, 3.8) is 0 Å². The predicted octanol–water partition coefficient (Wildman–Crippen LogP) is 0.625. The molecule has 0 heterocycles. The summed E-state index contributed by atoms with van der Waals surface area (Å²) in [5.74, 6) is -4.20. The van der Waals surface area contributed by atoms with Crippen LogP contribution >= 0.6 is 0 Å². The molecule has 16 heavy (non-hydrogen) atoms. The zero-order chi connectivity index (χ0) is 11.6. The van der Waals surface area contributed by atoms with Gasteiger partial charge in [-0.25, -0.2) is 14.4 Å². The molecule has 0 unspecified atom stereocenters. The fourth-order valence-corrected chi connectivity index (χ4v) is 1.04. The molecule has 0 aliphatic carbocycles. The van der Waals surface area contributed by atoms with Gasteiger partial charge < -0.3 is 18.2 Å². The van der Waals surface area contributed by atoms with Crippen molar-refractivity contribution >= 4 is 55.6 Å². The first kappa shape index (κ1) is 14.9. The van der Waals surface area contributed by atoms with Crippen LogP contribution in [0, 0.1) is 0 Å². The number of hydrogen-bond acceptors (Lipinski definition) is 3. The second-order valence-corrected chi connectivity index (χ2v) is 2.68. The molecular formula is C9H8CaO6. The van der Waals surface area contributed by atoms with Gasteiger partial charge in [-0.1, -0.05) is 0 Å². The molecule has 0 aliphatic rings. The van der Waals surface area contributed by atoms with E-state index >= 15 is 0 Å². The number of rotatable bonds is 3. The number of hydrogen-bond donors (Lipinski definition) is 3. The minimum atomic E-state index is -1.48. The van der Waals surface area contributed by atoms with Crippen molar-refractivity contribution in [2.45, 2.75) is 0 Å². The van der Waals surface area contributed by atoms with Gasteiger partial charge in [0, 0.05) is 0 Å². The van der Waals surface area contributed by atoms with Crippen LogP contribution in [0.2, 0.25) is 0 Å². The minimum Gasteiger partial charge on any atom is -1.00 e. The summed E-state index contributed by atoms with van der Waals surface area (Å²) in [5.41, 5.74) is -1.24. The maximum absolute atomic E-state index is 10.6. The van der Waals surface area contributed by atoms with Gasteiger partial charge in [0.15, 0.2) is 0 Å². The predicted molar refractivity (Wildman–Crippen MR) is 55.3 cm³/mol. The normalized spacial score (nSPS) is 9.00. The number of benzene rings is 1. The van der Waals surface area contributed by atoms with Gasteiger partial charge in [0.25, 0.3) is 0 Å². The van der Waals surface area contributed by atoms with Crippen molar-refractivity contribution in [3.8, 4) is 0 Å². The van der Waals surface area contributed by atoms with Crippen molar-refractivity contribution in [2.24, 2.45) is 0 Å². The smallest absolute Gasteiger partial charge is 1.00 e. The summed E-state index contributed by atoms with van der Waals surface area (Å²) in [4.78, 5) is 31.8. The van der Waals surface area contributed by atoms with E-state index in [2.05, 4.69) is 0 Å². The van der Waals surface area contributed by atoms with E-state index in [9.17, 15) is 14.4 Å². The third-order valence-electron chi connectivity index (χ3n) is 1.73. The molecule has 3 N–H and O–H groups in total. The minimum absolute atomic E-state index is 0. The van der Waals surface area contributed by atoms with Crippen LogP contribution in [0.1, 0.15) is 33.9 Å². The molecule has 0 fully saturated rings. The largest absolute Gasteiger partial charge is 2.00 e. The molecule has 82 valence electrons. The SMILES string of the molecule is O=C(O)c1ccc(C(=O)O)c(C(=O)O)c1.[Ca+2].[H-].[H-]. The summed E-state index contributed by atoms with van der Waals surface area (Å²) < 4.78 is 0. The molecule has 7 heteroatoms. The average molecular weight is 252 g/mol. The number of aromatic carboxylic acids is 3. The molecule has 6 nitrogen and oxygen atoms in total. The Hall–Kier alpha value is -1.11. The van der Waals surface area contributed by atoms with E-state index in [1.807, 2.05) is 0 Å². The Morgan fingerprint density at radius 1 is 0.875 bits per heavy atom. The van der Waals surface area contributed by atoms with Gasteiger partial charge in [0.1, 0.15) is 0 Å². The van der Waals surface area contributed by atoms with Gasteiger partial charge in [0.05, 0.1) is 16.7 Å². The van der Waals surface area contributed by atoms with Crippen LogP contribution in [-0.4, -0.2) is 71.0 Å². The van der Waals surface area contributed by atoms with Gasteiger partial charge in [-0.3, -0.25) is 0 Å². The van der Waals surface area contributed by atoms with Crippen LogP contribution in [-0.2, 0) is 0 Å². The van der Waals surface area contributed by atoms with E-state index in [1.165, 1.54) is 0 Å². The van der Waals surface area contributed by atoms with Gasteiger partial charge >= 0.3 is 55.6 Å². The zero-order valence-electron chi connectivity index (χ0n) is 10.0. The Balaban J connectivity index is -0.000000750. The molecule has 1 aromatic rings.